The van der Waals surface area contributed by atoms with Crippen molar-refractivity contribution in [1.29, 1.82) is 0 Å². The number of pyridine rings is 1. The fourth-order valence-electron chi connectivity index (χ4n) is 2.87. The summed E-state index contributed by atoms with van der Waals surface area (Å²) < 4.78 is 6.25. The van der Waals surface area contributed by atoms with Gasteiger partial charge in [0.05, 0.1) is 23.2 Å². The molecule has 2 fully saturated rings. The number of likely N-dealkylation sites (tertiary alicyclic amines) is 1. The first kappa shape index (κ1) is 15.2. The van der Waals surface area contributed by atoms with Gasteiger partial charge < -0.3 is 9.64 Å². The molecule has 2 aliphatic rings. The third-order valence-corrected chi connectivity index (χ3v) is 6.07. The molecule has 2 aliphatic heterocycles. The maximum Gasteiger partial charge on any atom is 0.232 e. The molecule has 1 unspecified atom stereocenters. The molecule has 1 aromatic rings. The third-order valence-electron chi connectivity index (χ3n) is 3.96. The van der Waals surface area contributed by atoms with Gasteiger partial charge in [-0.3, -0.25) is 9.78 Å². The zero-order chi connectivity index (χ0) is 14.7. The van der Waals surface area contributed by atoms with Crippen molar-refractivity contribution in [1.82, 2.24) is 9.88 Å². The van der Waals surface area contributed by atoms with Crippen molar-refractivity contribution in [2.45, 2.75) is 23.9 Å². The number of thioether (sulfide) groups is 2. The molecule has 21 heavy (non-hydrogen) atoms. The van der Waals surface area contributed by atoms with Gasteiger partial charge in [0.1, 0.15) is 0 Å². The average molecular weight is 324 g/mol. The van der Waals surface area contributed by atoms with E-state index in [0.29, 0.717) is 18.5 Å². The summed E-state index contributed by atoms with van der Waals surface area (Å²) in [5, 5.41) is 0. The highest BCUT2D eigenvalue weighted by Gasteiger charge is 2.50. The number of rotatable bonds is 5. The van der Waals surface area contributed by atoms with E-state index >= 15 is 0 Å². The summed E-state index contributed by atoms with van der Waals surface area (Å²) in [5.74, 6) is 1.90. The van der Waals surface area contributed by atoms with Crippen molar-refractivity contribution in [2.75, 3.05) is 30.9 Å². The maximum absolute atomic E-state index is 11.8. The van der Waals surface area contributed by atoms with E-state index in [1.165, 1.54) is 0 Å². The lowest BCUT2D eigenvalue weighted by Crippen LogP contribution is -2.61. The van der Waals surface area contributed by atoms with Crippen molar-refractivity contribution >= 4 is 29.4 Å². The Morgan fingerprint density at radius 3 is 3.19 bits per heavy atom. The summed E-state index contributed by atoms with van der Waals surface area (Å²) in [6, 6.07) is 3.97. The Balaban J connectivity index is 1.43. The van der Waals surface area contributed by atoms with E-state index in [2.05, 4.69) is 4.98 Å². The lowest BCUT2D eigenvalue weighted by molar-refractivity contribution is -0.133. The second-order valence-electron chi connectivity index (χ2n) is 5.68. The molecular weight excluding hydrogens is 304 g/mol. The van der Waals surface area contributed by atoms with Gasteiger partial charge in [-0.05, 0) is 24.3 Å². The molecule has 0 radical (unpaired) electrons. The molecule has 6 heteroatoms. The third kappa shape index (κ3) is 3.55. The number of carbonyl (C=O) groups is 1. The molecule has 1 aromatic heterocycles. The quantitative estimate of drug-likeness (QED) is 0.829. The Kier molecular flexibility index (Phi) is 4.76. The minimum Gasteiger partial charge on any atom is -0.373 e. The number of amides is 1. The van der Waals surface area contributed by atoms with E-state index in [-0.39, 0.29) is 10.7 Å². The number of hydrogen-bond donors (Lipinski definition) is 0. The minimum atomic E-state index is 0.258. The lowest BCUT2D eigenvalue weighted by Gasteiger charge is -2.47. The summed E-state index contributed by atoms with van der Waals surface area (Å²) in [6.45, 7) is 2.41. The fraction of sp³-hybridized carbons (Fsp3) is 0.600. The number of nitrogens with zero attached hydrogens (tertiary/aromatic N) is 2. The predicted molar refractivity (Wildman–Crippen MR) is 87.6 cm³/mol. The van der Waals surface area contributed by atoms with E-state index < -0.39 is 0 Å². The molecule has 3 rings (SSSR count). The maximum atomic E-state index is 11.8. The Labute approximate surface area is 134 Å². The van der Waals surface area contributed by atoms with Crippen LogP contribution in [0.25, 0.3) is 0 Å². The van der Waals surface area contributed by atoms with Gasteiger partial charge in [-0.2, -0.15) is 11.8 Å². The molecule has 1 amide bonds. The van der Waals surface area contributed by atoms with Crippen LogP contribution in [-0.2, 0) is 16.1 Å². The Bertz CT molecular complexity index is 492. The molecule has 114 valence electrons. The van der Waals surface area contributed by atoms with Gasteiger partial charge in [0, 0.05) is 31.2 Å². The van der Waals surface area contributed by atoms with Crippen LogP contribution in [0.4, 0.5) is 0 Å². The number of ether oxygens (including phenoxy) is 1. The monoisotopic (exact) mass is 324 g/mol. The van der Waals surface area contributed by atoms with Crippen LogP contribution in [-0.4, -0.2) is 57.5 Å². The first-order valence-electron chi connectivity index (χ1n) is 7.12. The van der Waals surface area contributed by atoms with Crippen molar-refractivity contribution in [3.05, 3.63) is 30.1 Å². The number of carbonyl (C=O) groups excluding carboxylic acids is 1. The van der Waals surface area contributed by atoms with Gasteiger partial charge in [-0.1, -0.05) is 6.07 Å². The van der Waals surface area contributed by atoms with Gasteiger partial charge >= 0.3 is 0 Å². The molecule has 1 spiro atoms. The van der Waals surface area contributed by atoms with Crippen LogP contribution in [0.5, 0.6) is 0 Å². The van der Waals surface area contributed by atoms with Crippen LogP contribution in [0, 0.1) is 0 Å². The molecule has 0 aliphatic carbocycles. The van der Waals surface area contributed by atoms with Crippen molar-refractivity contribution < 1.29 is 9.53 Å². The summed E-state index contributed by atoms with van der Waals surface area (Å²) in [4.78, 5) is 17.9. The number of aromatic nitrogens is 1. The first-order chi connectivity index (χ1) is 10.2. The fourth-order valence-corrected chi connectivity index (χ4v) is 4.85. The first-order valence-corrected chi connectivity index (χ1v) is 9.50. The summed E-state index contributed by atoms with van der Waals surface area (Å²) in [6.07, 6.45) is 6.96. The highest BCUT2D eigenvalue weighted by Crippen LogP contribution is 2.46. The zero-order valence-electron chi connectivity index (χ0n) is 12.2. The Morgan fingerprint density at radius 1 is 1.62 bits per heavy atom. The SMILES string of the molecule is CSCC(=O)N1CC2(CC(OCc3cccnc3)CS2)C1. The highest BCUT2D eigenvalue weighted by molar-refractivity contribution is 8.01. The normalized spacial score (nSPS) is 23.3. The Morgan fingerprint density at radius 2 is 2.48 bits per heavy atom. The van der Waals surface area contributed by atoms with E-state index in [1.54, 1.807) is 18.0 Å². The van der Waals surface area contributed by atoms with Crippen molar-refractivity contribution in [3.8, 4) is 0 Å². The standard InChI is InChI=1S/C15H20N2O2S2/c1-20-9-14(18)17-10-15(11-17)5-13(8-21-15)19-7-12-3-2-4-16-6-12/h2-4,6,13H,5,7-11H2,1H3. The molecule has 2 saturated heterocycles. The van der Waals surface area contributed by atoms with Gasteiger partial charge in [-0.25, -0.2) is 0 Å². The predicted octanol–water partition coefficient (Wildman–Crippen LogP) is 2.05. The van der Waals surface area contributed by atoms with Gasteiger partial charge in [0.15, 0.2) is 0 Å². The van der Waals surface area contributed by atoms with Crippen molar-refractivity contribution in [3.63, 3.8) is 0 Å². The van der Waals surface area contributed by atoms with Crippen LogP contribution >= 0.6 is 23.5 Å². The Hall–Kier alpha value is -0.720. The van der Waals surface area contributed by atoms with Gasteiger partial charge in [0.2, 0.25) is 5.91 Å². The molecule has 0 saturated carbocycles. The molecule has 0 bridgehead atoms. The van der Waals surface area contributed by atoms with Crippen LogP contribution in [0.15, 0.2) is 24.5 Å². The number of hydrogen-bond acceptors (Lipinski definition) is 5. The van der Waals surface area contributed by atoms with Gasteiger partial charge in [-0.15, -0.1) is 11.8 Å². The molecule has 0 N–H and O–H groups in total. The minimum absolute atomic E-state index is 0.258. The van der Waals surface area contributed by atoms with Crippen LogP contribution < -0.4 is 0 Å². The van der Waals surface area contributed by atoms with E-state index in [9.17, 15) is 4.79 Å². The smallest absolute Gasteiger partial charge is 0.232 e. The molecule has 4 nitrogen and oxygen atoms in total. The van der Waals surface area contributed by atoms with E-state index in [4.69, 9.17) is 4.74 Å². The second kappa shape index (κ2) is 6.58. The van der Waals surface area contributed by atoms with Crippen molar-refractivity contribution in [2.24, 2.45) is 0 Å². The second-order valence-corrected chi connectivity index (χ2v) is 8.03. The topological polar surface area (TPSA) is 42.4 Å². The zero-order valence-corrected chi connectivity index (χ0v) is 13.8. The molecule has 0 aromatic carbocycles. The molecule has 3 heterocycles. The van der Waals surface area contributed by atoms with E-state index in [1.807, 2.05) is 41.2 Å². The summed E-state index contributed by atoms with van der Waals surface area (Å²) in [7, 11) is 0. The average Bonchev–Trinajstić information content (AvgIpc) is 2.89. The van der Waals surface area contributed by atoms with Crippen LogP contribution in [0.3, 0.4) is 0 Å². The summed E-state index contributed by atoms with van der Waals surface area (Å²) in [5.41, 5.74) is 1.12. The molecular formula is C15H20N2O2S2. The van der Waals surface area contributed by atoms with Crippen LogP contribution in [0.1, 0.15) is 12.0 Å². The molecule has 1 atom stereocenters. The summed E-state index contributed by atoms with van der Waals surface area (Å²) >= 11 is 3.57. The van der Waals surface area contributed by atoms with Gasteiger partial charge in [0.25, 0.3) is 0 Å². The van der Waals surface area contributed by atoms with E-state index in [0.717, 1.165) is 30.8 Å². The van der Waals surface area contributed by atoms with Crippen LogP contribution in [0.2, 0.25) is 0 Å². The largest absolute Gasteiger partial charge is 0.373 e. The highest BCUT2D eigenvalue weighted by atomic mass is 32.2. The lowest BCUT2D eigenvalue weighted by atomic mass is 9.93.